The van der Waals surface area contributed by atoms with Gasteiger partial charge in [-0.25, -0.2) is 0 Å². The summed E-state index contributed by atoms with van der Waals surface area (Å²) >= 11 is 0. The fourth-order valence-corrected chi connectivity index (χ4v) is 11.2. The van der Waals surface area contributed by atoms with E-state index in [4.69, 9.17) is 0 Å². The summed E-state index contributed by atoms with van der Waals surface area (Å²) in [5, 5.41) is 23.0. The van der Waals surface area contributed by atoms with Gasteiger partial charge in [0, 0.05) is 0 Å². The van der Waals surface area contributed by atoms with Gasteiger partial charge in [0.15, 0.2) is 0 Å². The lowest BCUT2D eigenvalue weighted by Crippen LogP contribution is -1.92. The van der Waals surface area contributed by atoms with Gasteiger partial charge in [0.1, 0.15) is 0 Å². The lowest BCUT2D eigenvalue weighted by Gasteiger charge is -2.19. The molecule has 0 aliphatic heterocycles. The summed E-state index contributed by atoms with van der Waals surface area (Å²) in [5.41, 5.74) is 10.1. The normalized spacial score (nSPS) is 12.1. The third-order valence-electron chi connectivity index (χ3n) is 14.2. The largest absolute Gasteiger partial charge is 0.0616 e. The third-order valence-corrected chi connectivity index (χ3v) is 14.2. The Kier molecular flexibility index (Phi) is 7.49. The van der Waals surface area contributed by atoms with E-state index in [-0.39, 0.29) is 0 Å². The Bertz CT molecular complexity index is 3960. The molecule has 0 aliphatic carbocycles. The minimum Gasteiger partial charge on any atom is -0.0616 e. The topological polar surface area (TPSA) is 0 Å². The van der Waals surface area contributed by atoms with Crippen LogP contribution in [0.1, 0.15) is 0 Å². The SMILES string of the molecule is c1ccc2c(-c3ccc4cc(-c5ccc6ccc7c(-c8cc9ccc(-c%10cccc%11ccccc%10%11)cc9c9ccccc89)ccc8ccc5c6c87)c5ccccc5c4c3)cccc2c1. The molecule has 0 fully saturated rings. The maximum Gasteiger partial charge on any atom is -0.00203 e. The van der Waals surface area contributed by atoms with Crippen molar-refractivity contribution in [3.05, 3.63) is 231 Å². The van der Waals surface area contributed by atoms with Crippen LogP contribution in [-0.2, 0) is 0 Å². The van der Waals surface area contributed by atoms with Crippen molar-refractivity contribution in [3.8, 4) is 44.5 Å². The second-order valence-electron chi connectivity index (χ2n) is 17.5. The lowest BCUT2D eigenvalue weighted by atomic mass is 9.84. The Morgan fingerprint density at radius 2 is 0.531 bits per heavy atom. The Morgan fingerprint density at radius 3 is 1.00 bits per heavy atom. The Labute approximate surface area is 370 Å². The number of fused-ring (bicyclic) bond motifs is 8. The summed E-state index contributed by atoms with van der Waals surface area (Å²) in [4.78, 5) is 0. The predicted octanol–water partition coefficient (Wildman–Crippen LogP) is 18.2. The summed E-state index contributed by atoms with van der Waals surface area (Å²) in [6.07, 6.45) is 0. The molecule has 0 unspecified atom stereocenters. The second-order valence-corrected chi connectivity index (χ2v) is 17.5. The monoisotopic (exact) mass is 806 g/mol. The molecule has 14 rings (SSSR count). The molecule has 0 N–H and O–H groups in total. The second kappa shape index (κ2) is 13.6. The van der Waals surface area contributed by atoms with Gasteiger partial charge in [0.05, 0.1) is 0 Å². The first-order chi connectivity index (χ1) is 31.7. The number of hydrogen-bond acceptors (Lipinski definition) is 0. The summed E-state index contributed by atoms with van der Waals surface area (Å²) in [6.45, 7) is 0. The molecule has 0 spiro atoms. The first-order valence-corrected chi connectivity index (χ1v) is 22.3. The first kappa shape index (κ1) is 35.3. The molecule has 0 bridgehead atoms. The highest BCUT2D eigenvalue weighted by atomic mass is 14.2. The Hall–Kier alpha value is -8.32. The van der Waals surface area contributed by atoms with Crippen LogP contribution < -0.4 is 0 Å². The van der Waals surface area contributed by atoms with Crippen LogP contribution in [-0.4, -0.2) is 0 Å². The molecule has 294 valence electrons. The van der Waals surface area contributed by atoms with Crippen LogP contribution >= 0.6 is 0 Å². The molecule has 64 heavy (non-hydrogen) atoms. The molecule has 0 heteroatoms. The lowest BCUT2D eigenvalue weighted by molar-refractivity contribution is 1.68. The number of benzene rings is 14. The number of hydrogen-bond donors (Lipinski definition) is 0. The Balaban J connectivity index is 0.957. The number of rotatable bonds is 4. The van der Waals surface area contributed by atoms with E-state index < -0.39 is 0 Å². The smallest absolute Gasteiger partial charge is 0.00203 e. The van der Waals surface area contributed by atoms with Crippen LogP contribution in [0, 0.1) is 0 Å². The van der Waals surface area contributed by atoms with Crippen LogP contribution in [0.4, 0.5) is 0 Å². The maximum atomic E-state index is 2.43. The molecule has 0 atom stereocenters. The highest BCUT2D eigenvalue weighted by Gasteiger charge is 2.19. The Morgan fingerprint density at radius 1 is 0.156 bits per heavy atom. The zero-order valence-corrected chi connectivity index (χ0v) is 34.9. The maximum absolute atomic E-state index is 2.43. The minimum absolute atomic E-state index is 1.24. The molecule has 0 nitrogen and oxygen atoms in total. The van der Waals surface area contributed by atoms with Gasteiger partial charge in [-0.05, 0) is 166 Å². The predicted molar refractivity (Wildman–Crippen MR) is 277 cm³/mol. The fourth-order valence-electron chi connectivity index (χ4n) is 11.2. The van der Waals surface area contributed by atoms with Crippen molar-refractivity contribution in [2.75, 3.05) is 0 Å². The summed E-state index contributed by atoms with van der Waals surface area (Å²) < 4.78 is 0. The molecule has 14 aromatic carbocycles. The summed E-state index contributed by atoms with van der Waals surface area (Å²) in [7, 11) is 0. The van der Waals surface area contributed by atoms with Crippen molar-refractivity contribution in [1.29, 1.82) is 0 Å². The zero-order chi connectivity index (χ0) is 41.9. The van der Waals surface area contributed by atoms with Crippen molar-refractivity contribution in [1.82, 2.24) is 0 Å². The van der Waals surface area contributed by atoms with Crippen molar-refractivity contribution >= 4 is 97.0 Å². The van der Waals surface area contributed by atoms with E-state index in [1.54, 1.807) is 0 Å². The highest BCUT2D eigenvalue weighted by Crippen LogP contribution is 2.47. The highest BCUT2D eigenvalue weighted by molar-refractivity contribution is 6.30. The zero-order valence-electron chi connectivity index (χ0n) is 34.9. The minimum atomic E-state index is 1.24. The van der Waals surface area contributed by atoms with E-state index in [9.17, 15) is 0 Å². The van der Waals surface area contributed by atoms with Crippen LogP contribution in [0.25, 0.3) is 141 Å². The van der Waals surface area contributed by atoms with E-state index >= 15 is 0 Å². The van der Waals surface area contributed by atoms with E-state index in [0.717, 1.165) is 0 Å². The summed E-state index contributed by atoms with van der Waals surface area (Å²) in [5.74, 6) is 0. The molecule has 0 aliphatic rings. The quantitative estimate of drug-likeness (QED) is 0.155. The molecule has 14 aromatic rings. The van der Waals surface area contributed by atoms with Crippen molar-refractivity contribution in [2.24, 2.45) is 0 Å². The van der Waals surface area contributed by atoms with E-state index in [1.165, 1.54) is 141 Å². The van der Waals surface area contributed by atoms with Crippen molar-refractivity contribution in [2.45, 2.75) is 0 Å². The first-order valence-electron chi connectivity index (χ1n) is 22.3. The van der Waals surface area contributed by atoms with Crippen LogP contribution in [0.5, 0.6) is 0 Å². The molecule has 0 amide bonds. The van der Waals surface area contributed by atoms with Gasteiger partial charge >= 0.3 is 0 Å². The van der Waals surface area contributed by atoms with Gasteiger partial charge in [-0.15, -0.1) is 0 Å². The molecule has 0 saturated heterocycles. The third kappa shape index (κ3) is 5.17. The molecular weight excluding hydrogens is 769 g/mol. The van der Waals surface area contributed by atoms with E-state index in [1.807, 2.05) is 0 Å². The molecule has 0 radical (unpaired) electrons. The van der Waals surface area contributed by atoms with Crippen molar-refractivity contribution in [3.63, 3.8) is 0 Å². The van der Waals surface area contributed by atoms with Gasteiger partial charge in [-0.3, -0.25) is 0 Å². The fraction of sp³-hybridized carbons (Fsp3) is 0. The van der Waals surface area contributed by atoms with Crippen molar-refractivity contribution < 1.29 is 0 Å². The average Bonchev–Trinajstić information content (AvgIpc) is 3.37. The average molecular weight is 807 g/mol. The van der Waals surface area contributed by atoms with Gasteiger partial charge in [0.25, 0.3) is 0 Å². The molecular formula is C64H38. The van der Waals surface area contributed by atoms with Gasteiger partial charge < -0.3 is 0 Å². The summed E-state index contributed by atoms with van der Waals surface area (Å²) in [6, 6.07) is 86.3. The van der Waals surface area contributed by atoms with Crippen LogP contribution in [0.2, 0.25) is 0 Å². The van der Waals surface area contributed by atoms with Gasteiger partial charge in [0.2, 0.25) is 0 Å². The van der Waals surface area contributed by atoms with E-state index in [2.05, 4.69) is 231 Å². The van der Waals surface area contributed by atoms with E-state index in [0.29, 0.717) is 0 Å². The standard InChI is InChI=1S/C64H38/c1-3-15-47-39(11-1)13-9-21-49(47)43-23-25-45-37-61(53-19-7-5-17-51(53)59(45)35-43)55-31-27-41-30-34-58-56(32-28-42-29-33-57(55)63(41)64(42)58)62-38-46-26-24-44(36-60(46)52-18-6-8-20-54(52)62)50-22-10-14-40-12-2-4-16-48(40)50/h1-38H. The van der Waals surface area contributed by atoms with Crippen LogP contribution in [0.15, 0.2) is 231 Å². The van der Waals surface area contributed by atoms with Gasteiger partial charge in [-0.2, -0.15) is 0 Å². The molecule has 0 saturated carbocycles. The van der Waals surface area contributed by atoms with Gasteiger partial charge in [-0.1, -0.05) is 206 Å². The molecule has 0 aromatic heterocycles. The van der Waals surface area contributed by atoms with Crippen LogP contribution in [0.3, 0.4) is 0 Å². The molecule has 0 heterocycles.